The van der Waals surface area contributed by atoms with Crippen LogP contribution in [0.1, 0.15) is 21.7 Å². The molecule has 78 valence electrons. The maximum atomic E-state index is 10.7. The Kier molecular flexibility index (Phi) is 1.93. The van der Waals surface area contributed by atoms with Crippen molar-refractivity contribution in [2.45, 2.75) is 13.8 Å². The van der Waals surface area contributed by atoms with Gasteiger partial charge in [0, 0.05) is 0 Å². The molecule has 4 nitrogen and oxygen atoms in total. The van der Waals surface area contributed by atoms with Gasteiger partial charge in [0.15, 0.2) is 5.75 Å². The van der Waals surface area contributed by atoms with Gasteiger partial charge in [-0.05, 0) is 31.0 Å². The number of benzene rings is 1. The molecule has 0 unspecified atom stereocenters. The molecule has 15 heavy (non-hydrogen) atoms. The number of carbonyl (C=O) groups is 1. The van der Waals surface area contributed by atoms with Gasteiger partial charge in [-0.3, -0.25) is 0 Å². The Balaban J connectivity index is 2.88. The smallest absolute Gasteiger partial charge is 0.375 e. The lowest BCUT2D eigenvalue weighted by molar-refractivity contribution is 0.0660. The lowest BCUT2D eigenvalue weighted by Crippen LogP contribution is -1.92. The zero-order valence-electron chi connectivity index (χ0n) is 8.37. The van der Waals surface area contributed by atoms with Crippen molar-refractivity contribution in [2.75, 3.05) is 0 Å². The average molecular weight is 206 g/mol. The lowest BCUT2D eigenvalue weighted by atomic mass is 10.1. The summed E-state index contributed by atoms with van der Waals surface area (Å²) in [6.45, 7) is 3.68. The molecule has 1 aromatic heterocycles. The highest BCUT2D eigenvalue weighted by molar-refractivity contribution is 5.98. The van der Waals surface area contributed by atoms with Crippen LogP contribution in [-0.2, 0) is 0 Å². The van der Waals surface area contributed by atoms with Gasteiger partial charge in [0.1, 0.15) is 5.58 Å². The number of aryl methyl sites for hydroxylation is 2. The van der Waals surface area contributed by atoms with Crippen molar-refractivity contribution < 1.29 is 19.4 Å². The fraction of sp³-hybridized carbons (Fsp3) is 0.182. The Morgan fingerprint density at radius 1 is 1.33 bits per heavy atom. The highest BCUT2D eigenvalue weighted by Crippen LogP contribution is 2.34. The zero-order chi connectivity index (χ0) is 11.2. The highest BCUT2D eigenvalue weighted by Gasteiger charge is 2.20. The first-order valence-corrected chi connectivity index (χ1v) is 4.46. The third kappa shape index (κ3) is 1.34. The summed E-state index contributed by atoms with van der Waals surface area (Å²) < 4.78 is 5.10. The molecule has 2 N–H and O–H groups in total. The third-order valence-electron chi connectivity index (χ3n) is 2.29. The molecule has 0 atom stereocenters. The summed E-state index contributed by atoms with van der Waals surface area (Å²) in [6, 6.07) is 3.57. The van der Waals surface area contributed by atoms with Crippen LogP contribution in [0, 0.1) is 13.8 Å². The molecule has 2 rings (SSSR count). The first-order valence-electron chi connectivity index (χ1n) is 4.46. The van der Waals surface area contributed by atoms with Crippen molar-refractivity contribution >= 4 is 16.9 Å². The molecular weight excluding hydrogens is 196 g/mol. The first kappa shape index (κ1) is 9.58. The molecule has 0 amide bonds. The average Bonchev–Trinajstić information content (AvgIpc) is 2.44. The molecule has 0 radical (unpaired) electrons. The number of rotatable bonds is 1. The minimum Gasteiger partial charge on any atom is -0.504 e. The monoisotopic (exact) mass is 206 g/mol. The Morgan fingerprint density at radius 3 is 2.60 bits per heavy atom. The fourth-order valence-corrected chi connectivity index (χ4v) is 1.68. The number of carboxylic acid groups (broad SMARTS) is 1. The van der Waals surface area contributed by atoms with Gasteiger partial charge in [0.05, 0.1) is 5.39 Å². The summed E-state index contributed by atoms with van der Waals surface area (Å²) in [5, 5.41) is 18.9. The Bertz CT molecular complexity index is 551. The standard InChI is InChI=1S/C11H10O4/c1-5-3-6(2)9-7(4-5)8(12)10(15-9)11(13)14/h3-4,12H,1-2H3,(H,13,14). The maximum absolute atomic E-state index is 10.7. The van der Waals surface area contributed by atoms with E-state index in [1.807, 2.05) is 19.9 Å². The number of carboxylic acids is 1. The summed E-state index contributed by atoms with van der Waals surface area (Å²) in [5.74, 6) is -1.97. The minimum atomic E-state index is -1.26. The van der Waals surface area contributed by atoms with Crippen LogP contribution in [0.5, 0.6) is 5.75 Å². The quantitative estimate of drug-likeness (QED) is 0.751. The summed E-state index contributed by atoms with van der Waals surface area (Å²) in [6.07, 6.45) is 0. The normalized spacial score (nSPS) is 10.8. The molecule has 2 aromatic rings. The predicted octanol–water partition coefficient (Wildman–Crippen LogP) is 2.45. The van der Waals surface area contributed by atoms with E-state index in [1.165, 1.54) is 0 Å². The van der Waals surface area contributed by atoms with E-state index in [0.717, 1.165) is 11.1 Å². The first-order chi connectivity index (χ1) is 7.00. The van der Waals surface area contributed by atoms with Crippen LogP contribution in [0.3, 0.4) is 0 Å². The van der Waals surface area contributed by atoms with Crippen LogP contribution in [0.15, 0.2) is 16.5 Å². The predicted molar refractivity (Wildman–Crippen MR) is 54.3 cm³/mol. The van der Waals surface area contributed by atoms with Gasteiger partial charge in [-0.15, -0.1) is 0 Å². The molecular formula is C11H10O4. The van der Waals surface area contributed by atoms with Crippen molar-refractivity contribution in [1.82, 2.24) is 0 Å². The maximum Gasteiger partial charge on any atom is 0.375 e. The number of aromatic carboxylic acids is 1. The molecule has 0 aliphatic carbocycles. The number of furan rings is 1. The van der Waals surface area contributed by atoms with E-state index in [4.69, 9.17) is 9.52 Å². The van der Waals surface area contributed by atoms with E-state index in [-0.39, 0.29) is 5.75 Å². The lowest BCUT2D eigenvalue weighted by Gasteiger charge is -1.96. The van der Waals surface area contributed by atoms with Gasteiger partial charge < -0.3 is 14.6 Å². The number of fused-ring (bicyclic) bond motifs is 1. The number of aromatic hydroxyl groups is 1. The van der Waals surface area contributed by atoms with Crippen molar-refractivity contribution in [3.05, 3.63) is 29.0 Å². The topological polar surface area (TPSA) is 70.7 Å². The summed E-state index contributed by atoms with van der Waals surface area (Å²) >= 11 is 0. The molecule has 1 heterocycles. The van der Waals surface area contributed by atoms with Crippen LogP contribution in [0.25, 0.3) is 11.0 Å². The molecule has 0 fully saturated rings. The number of hydrogen-bond acceptors (Lipinski definition) is 3. The third-order valence-corrected chi connectivity index (χ3v) is 2.29. The van der Waals surface area contributed by atoms with E-state index in [2.05, 4.69) is 0 Å². The van der Waals surface area contributed by atoms with Gasteiger partial charge >= 0.3 is 5.97 Å². The molecule has 0 aliphatic heterocycles. The van der Waals surface area contributed by atoms with E-state index in [0.29, 0.717) is 11.0 Å². The molecule has 0 spiro atoms. The molecule has 0 aliphatic rings. The van der Waals surface area contributed by atoms with Crippen LogP contribution in [0.2, 0.25) is 0 Å². The van der Waals surface area contributed by atoms with Crippen molar-refractivity contribution in [2.24, 2.45) is 0 Å². The summed E-state index contributed by atoms with van der Waals surface area (Å²) in [7, 11) is 0. The van der Waals surface area contributed by atoms with Crippen LogP contribution in [-0.4, -0.2) is 16.2 Å². The van der Waals surface area contributed by atoms with Crippen LogP contribution < -0.4 is 0 Å². The fourth-order valence-electron chi connectivity index (χ4n) is 1.68. The zero-order valence-corrected chi connectivity index (χ0v) is 8.37. The van der Waals surface area contributed by atoms with Crippen molar-refractivity contribution in [3.8, 4) is 5.75 Å². The van der Waals surface area contributed by atoms with Gasteiger partial charge in [0.2, 0.25) is 0 Å². The van der Waals surface area contributed by atoms with Gasteiger partial charge in [-0.25, -0.2) is 4.79 Å². The van der Waals surface area contributed by atoms with E-state index >= 15 is 0 Å². The molecule has 1 aromatic carbocycles. The van der Waals surface area contributed by atoms with Gasteiger partial charge in [-0.2, -0.15) is 0 Å². The molecule has 0 saturated carbocycles. The van der Waals surface area contributed by atoms with Crippen molar-refractivity contribution in [3.63, 3.8) is 0 Å². The second kappa shape index (κ2) is 3.02. The van der Waals surface area contributed by atoms with E-state index in [1.54, 1.807) is 6.07 Å². The Labute approximate surface area is 85.8 Å². The largest absolute Gasteiger partial charge is 0.504 e. The second-order valence-corrected chi connectivity index (χ2v) is 3.54. The van der Waals surface area contributed by atoms with E-state index < -0.39 is 11.7 Å². The number of hydrogen-bond donors (Lipinski definition) is 2. The van der Waals surface area contributed by atoms with Gasteiger partial charge in [0.25, 0.3) is 5.76 Å². The molecule has 0 saturated heterocycles. The minimum absolute atomic E-state index is 0.302. The van der Waals surface area contributed by atoms with Crippen LogP contribution >= 0.6 is 0 Å². The second-order valence-electron chi connectivity index (χ2n) is 3.54. The van der Waals surface area contributed by atoms with Crippen LogP contribution in [0.4, 0.5) is 0 Å². The molecule has 4 heteroatoms. The van der Waals surface area contributed by atoms with E-state index in [9.17, 15) is 9.90 Å². The summed E-state index contributed by atoms with van der Waals surface area (Å²) in [5.41, 5.74) is 2.19. The summed E-state index contributed by atoms with van der Waals surface area (Å²) in [4.78, 5) is 10.7. The van der Waals surface area contributed by atoms with Crippen molar-refractivity contribution in [1.29, 1.82) is 0 Å². The SMILES string of the molecule is Cc1cc(C)c2oc(C(=O)O)c(O)c2c1. The van der Waals surface area contributed by atoms with Gasteiger partial charge in [-0.1, -0.05) is 6.07 Å². The molecule has 0 bridgehead atoms. The Morgan fingerprint density at radius 2 is 2.00 bits per heavy atom. The highest BCUT2D eigenvalue weighted by atomic mass is 16.4. The Hall–Kier alpha value is -1.97.